The van der Waals surface area contributed by atoms with Gasteiger partial charge in [-0.3, -0.25) is 0 Å². The highest BCUT2D eigenvalue weighted by molar-refractivity contribution is 5.41. The fourth-order valence-corrected chi connectivity index (χ4v) is 2.85. The number of aromatic nitrogens is 1. The summed E-state index contributed by atoms with van der Waals surface area (Å²) in [5.74, 6) is 6.39. The monoisotopic (exact) mass is 333 g/mol. The van der Waals surface area contributed by atoms with Crippen LogP contribution in [0.15, 0.2) is 42.6 Å². The summed E-state index contributed by atoms with van der Waals surface area (Å²) in [6.07, 6.45) is 13.4. The van der Waals surface area contributed by atoms with Crippen molar-refractivity contribution in [1.29, 1.82) is 0 Å². The number of hydrogen-bond acceptors (Lipinski definition) is 1. The second kappa shape index (κ2) is 11.5. The number of rotatable bonds is 9. The maximum atomic E-state index is 4.46. The van der Waals surface area contributed by atoms with Crippen molar-refractivity contribution in [3.05, 3.63) is 65.0 Å². The first kappa shape index (κ1) is 19.3. The van der Waals surface area contributed by atoms with Crippen LogP contribution in [0, 0.1) is 11.8 Å². The predicted octanol–water partition coefficient (Wildman–Crippen LogP) is 6.34. The normalized spacial score (nSPS) is 10.3. The Hall–Kier alpha value is -2.07. The van der Waals surface area contributed by atoms with E-state index >= 15 is 0 Å². The molecule has 0 unspecified atom stereocenters. The van der Waals surface area contributed by atoms with Gasteiger partial charge in [-0.1, -0.05) is 70.1 Å². The van der Waals surface area contributed by atoms with Crippen molar-refractivity contribution in [1.82, 2.24) is 4.98 Å². The molecule has 0 aliphatic carbocycles. The molecule has 0 spiro atoms. The van der Waals surface area contributed by atoms with Crippen molar-refractivity contribution in [3.63, 3.8) is 0 Å². The minimum Gasteiger partial charge on any atom is -0.248 e. The molecule has 0 fully saturated rings. The van der Waals surface area contributed by atoms with Crippen LogP contribution in [0.3, 0.4) is 0 Å². The summed E-state index contributed by atoms with van der Waals surface area (Å²) in [5, 5.41) is 0. The summed E-state index contributed by atoms with van der Waals surface area (Å²) < 4.78 is 0. The first-order chi connectivity index (χ1) is 12.3. The summed E-state index contributed by atoms with van der Waals surface area (Å²) in [5.41, 5.74) is 4.63. The van der Waals surface area contributed by atoms with Crippen molar-refractivity contribution < 1.29 is 0 Å². The summed E-state index contributed by atoms with van der Waals surface area (Å²) in [6.45, 7) is 4.47. The molecule has 0 aliphatic heterocycles. The first-order valence-corrected chi connectivity index (χ1v) is 9.87. The fourth-order valence-electron chi connectivity index (χ4n) is 2.85. The van der Waals surface area contributed by atoms with Crippen LogP contribution in [-0.4, -0.2) is 4.98 Å². The van der Waals surface area contributed by atoms with Gasteiger partial charge in [0.1, 0.15) is 5.69 Å². The third-order valence-electron chi connectivity index (χ3n) is 4.50. The predicted molar refractivity (Wildman–Crippen MR) is 108 cm³/mol. The molecule has 1 aromatic heterocycles. The molecule has 1 heterocycles. The lowest BCUT2D eigenvalue weighted by Gasteiger charge is -2.02. The van der Waals surface area contributed by atoms with E-state index in [9.17, 15) is 0 Å². The average Bonchev–Trinajstić information content (AvgIpc) is 2.66. The zero-order valence-electron chi connectivity index (χ0n) is 15.9. The van der Waals surface area contributed by atoms with Crippen molar-refractivity contribution in [2.45, 2.75) is 71.6 Å². The van der Waals surface area contributed by atoms with Crippen molar-refractivity contribution >= 4 is 0 Å². The van der Waals surface area contributed by atoms with E-state index in [1.54, 1.807) is 0 Å². The van der Waals surface area contributed by atoms with Crippen LogP contribution in [0.1, 0.15) is 81.2 Å². The van der Waals surface area contributed by atoms with Gasteiger partial charge >= 0.3 is 0 Å². The Bertz CT molecular complexity index is 656. The second-order valence-corrected chi connectivity index (χ2v) is 6.77. The standard InChI is InChI=1S/C24H31N/c1-3-5-7-8-9-11-21-12-14-22(15-13-21)16-18-24-19-17-23(20-25-24)10-6-4-2/h12-15,17,19-20H,3-11H2,1-2H3. The van der Waals surface area contributed by atoms with Crippen LogP contribution in [-0.2, 0) is 12.8 Å². The third-order valence-corrected chi connectivity index (χ3v) is 4.50. The van der Waals surface area contributed by atoms with Gasteiger partial charge < -0.3 is 0 Å². The van der Waals surface area contributed by atoms with E-state index in [0.717, 1.165) is 17.7 Å². The molecular weight excluding hydrogens is 302 g/mol. The number of pyridine rings is 1. The van der Waals surface area contributed by atoms with Crippen molar-refractivity contribution in [2.75, 3.05) is 0 Å². The van der Waals surface area contributed by atoms with Gasteiger partial charge in [0.15, 0.2) is 0 Å². The topological polar surface area (TPSA) is 12.9 Å². The maximum absolute atomic E-state index is 4.46. The Morgan fingerprint density at radius 1 is 0.680 bits per heavy atom. The van der Waals surface area contributed by atoms with Crippen LogP contribution in [0.5, 0.6) is 0 Å². The lowest BCUT2D eigenvalue weighted by atomic mass is 10.0. The molecule has 0 atom stereocenters. The largest absolute Gasteiger partial charge is 0.248 e. The number of benzene rings is 1. The van der Waals surface area contributed by atoms with Crippen LogP contribution >= 0.6 is 0 Å². The Balaban J connectivity index is 1.83. The third kappa shape index (κ3) is 7.57. The Kier molecular flexibility index (Phi) is 8.84. The van der Waals surface area contributed by atoms with E-state index in [2.05, 4.69) is 61.0 Å². The van der Waals surface area contributed by atoms with E-state index in [1.165, 1.54) is 62.5 Å². The van der Waals surface area contributed by atoms with Crippen LogP contribution in [0.2, 0.25) is 0 Å². The number of aryl methyl sites for hydroxylation is 2. The van der Waals surface area contributed by atoms with Gasteiger partial charge in [0.05, 0.1) is 0 Å². The minimum atomic E-state index is 0.847. The van der Waals surface area contributed by atoms with E-state index in [4.69, 9.17) is 0 Å². The molecule has 1 heteroatoms. The Morgan fingerprint density at radius 2 is 1.36 bits per heavy atom. The summed E-state index contributed by atoms with van der Waals surface area (Å²) in [7, 11) is 0. The Morgan fingerprint density at radius 3 is 2.04 bits per heavy atom. The van der Waals surface area contributed by atoms with Gasteiger partial charge in [0, 0.05) is 11.8 Å². The Labute approximate surface area is 153 Å². The number of nitrogens with zero attached hydrogens (tertiary/aromatic N) is 1. The molecule has 0 aliphatic rings. The highest BCUT2D eigenvalue weighted by atomic mass is 14.7. The molecule has 2 rings (SSSR count). The maximum Gasteiger partial charge on any atom is 0.113 e. The smallest absolute Gasteiger partial charge is 0.113 e. The fraction of sp³-hybridized carbons (Fsp3) is 0.458. The molecule has 0 saturated heterocycles. The highest BCUT2D eigenvalue weighted by Crippen LogP contribution is 2.10. The van der Waals surface area contributed by atoms with Gasteiger partial charge in [0.25, 0.3) is 0 Å². The second-order valence-electron chi connectivity index (χ2n) is 6.77. The van der Waals surface area contributed by atoms with E-state index in [1.807, 2.05) is 12.3 Å². The average molecular weight is 334 g/mol. The minimum absolute atomic E-state index is 0.847. The van der Waals surface area contributed by atoms with Crippen molar-refractivity contribution in [3.8, 4) is 11.8 Å². The highest BCUT2D eigenvalue weighted by Gasteiger charge is 1.96. The molecule has 1 aromatic carbocycles. The van der Waals surface area contributed by atoms with Gasteiger partial charge in [-0.2, -0.15) is 0 Å². The van der Waals surface area contributed by atoms with Gasteiger partial charge in [-0.05, 0) is 60.9 Å². The zero-order chi connectivity index (χ0) is 17.7. The van der Waals surface area contributed by atoms with Gasteiger partial charge in [-0.25, -0.2) is 4.98 Å². The molecule has 25 heavy (non-hydrogen) atoms. The van der Waals surface area contributed by atoms with Gasteiger partial charge in [-0.15, -0.1) is 0 Å². The molecular formula is C24H31N. The lowest BCUT2D eigenvalue weighted by Crippen LogP contribution is -1.89. The van der Waals surface area contributed by atoms with E-state index < -0.39 is 0 Å². The molecule has 0 saturated carbocycles. The van der Waals surface area contributed by atoms with Crippen LogP contribution < -0.4 is 0 Å². The molecule has 1 nitrogen and oxygen atoms in total. The summed E-state index contributed by atoms with van der Waals surface area (Å²) in [4.78, 5) is 4.46. The first-order valence-electron chi connectivity index (χ1n) is 9.87. The van der Waals surface area contributed by atoms with Gasteiger partial charge in [0.2, 0.25) is 0 Å². The molecule has 0 bridgehead atoms. The number of hydrogen-bond donors (Lipinski definition) is 0. The quantitative estimate of drug-likeness (QED) is 0.385. The summed E-state index contributed by atoms with van der Waals surface area (Å²) in [6, 6.07) is 12.9. The summed E-state index contributed by atoms with van der Waals surface area (Å²) >= 11 is 0. The zero-order valence-corrected chi connectivity index (χ0v) is 15.9. The molecule has 0 amide bonds. The number of unbranched alkanes of at least 4 members (excludes halogenated alkanes) is 5. The molecule has 0 radical (unpaired) electrons. The molecule has 0 N–H and O–H groups in total. The van der Waals surface area contributed by atoms with Crippen molar-refractivity contribution in [2.24, 2.45) is 0 Å². The SMILES string of the molecule is CCCCCCCc1ccc(C#Cc2ccc(CCCC)cn2)cc1. The molecule has 2 aromatic rings. The van der Waals surface area contributed by atoms with E-state index in [-0.39, 0.29) is 0 Å². The lowest BCUT2D eigenvalue weighted by molar-refractivity contribution is 0.632. The molecule has 132 valence electrons. The van der Waals surface area contributed by atoms with E-state index in [0.29, 0.717) is 0 Å². The van der Waals surface area contributed by atoms with Crippen LogP contribution in [0.4, 0.5) is 0 Å². The van der Waals surface area contributed by atoms with Crippen LogP contribution in [0.25, 0.3) is 0 Å².